The second-order valence-corrected chi connectivity index (χ2v) is 9.54. The van der Waals surface area contributed by atoms with E-state index in [1.807, 2.05) is 13.8 Å². The van der Waals surface area contributed by atoms with E-state index in [0.717, 1.165) is 17.1 Å². The van der Waals surface area contributed by atoms with E-state index in [1.165, 1.54) is 48.7 Å². The molecule has 2 aromatic carbocycles. The highest BCUT2D eigenvalue weighted by atomic mass is 32.2. The summed E-state index contributed by atoms with van der Waals surface area (Å²) in [6.45, 7) is 6.76. The summed E-state index contributed by atoms with van der Waals surface area (Å²) < 4.78 is 41.1. The lowest BCUT2D eigenvalue weighted by Gasteiger charge is -2.23. The lowest BCUT2D eigenvalue weighted by atomic mass is 10.1. The third-order valence-electron chi connectivity index (χ3n) is 5.35. The number of rotatable bonds is 9. The van der Waals surface area contributed by atoms with Gasteiger partial charge in [-0.15, -0.1) is 0 Å². The van der Waals surface area contributed by atoms with Gasteiger partial charge in [-0.1, -0.05) is 13.8 Å². The van der Waals surface area contributed by atoms with Crippen LogP contribution >= 0.6 is 0 Å². The topological polar surface area (TPSA) is 90.6 Å². The first kappa shape index (κ1) is 24.4. The zero-order chi connectivity index (χ0) is 24.2. The van der Waals surface area contributed by atoms with Gasteiger partial charge in [0.05, 0.1) is 10.6 Å². The molecule has 0 radical (unpaired) electrons. The van der Waals surface area contributed by atoms with Gasteiger partial charge in [0.25, 0.3) is 15.9 Å². The maximum Gasteiger partial charge on any atom is 0.264 e. The first-order valence-electron chi connectivity index (χ1n) is 11.0. The number of H-pyrrole nitrogens is 1. The SMILES string of the molecule is CCCN(CCC)C(=O)c1c[nH]c2ccc(S(=O)(=O)N(CC)c3ccc(F)cc3)cc2c1=O. The highest BCUT2D eigenvalue weighted by Gasteiger charge is 2.25. The third kappa shape index (κ3) is 4.93. The van der Waals surface area contributed by atoms with Crippen LogP contribution in [-0.4, -0.2) is 43.8 Å². The van der Waals surface area contributed by atoms with Gasteiger partial charge >= 0.3 is 0 Å². The summed E-state index contributed by atoms with van der Waals surface area (Å²) in [5.41, 5.74) is 0.196. The molecule has 1 heterocycles. The Hall–Kier alpha value is -3.20. The predicted octanol–water partition coefficient (Wildman–Crippen LogP) is 4.14. The van der Waals surface area contributed by atoms with Crippen molar-refractivity contribution in [2.75, 3.05) is 23.9 Å². The van der Waals surface area contributed by atoms with Crippen molar-refractivity contribution in [3.63, 3.8) is 0 Å². The van der Waals surface area contributed by atoms with Gasteiger partial charge in [-0.25, -0.2) is 12.8 Å². The number of benzene rings is 2. The van der Waals surface area contributed by atoms with E-state index in [-0.39, 0.29) is 28.3 Å². The van der Waals surface area contributed by atoms with Crippen LogP contribution in [0.1, 0.15) is 44.0 Å². The van der Waals surface area contributed by atoms with Crippen LogP contribution < -0.4 is 9.73 Å². The molecule has 176 valence electrons. The zero-order valence-electron chi connectivity index (χ0n) is 19.0. The first-order valence-corrected chi connectivity index (χ1v) is 12.4. The summed E-state index contributed by atoms with van der Waals surface area (Å²) in [4.78, 5) is 30.7. The monoisotopic (exact) mass is 473 g/mol. The predicted molar refractivity (Wildman–Crippen MR) is 128 cm³/mol. The second kappa shape index (κ2) is 10.2. The summed E-state index contributed by atoms with van der Waals surface area (Å²) >= 11 is 0. The molecule has 0 aliphatic carbocycles. The van der Waals surface area contributed by atoms with Crippen LogP contribution in [0.5, 0.6) is 0 Å². The molecule has 0 unspecified atom stereocenters. The number of aromatic amines is 1. The molecule has 7 nitrogen and oxygen atoms in total. The molecule has 3 aromatic rings. The van der Waals surface area contributed by atoms with Crippen LogP contribution in [0.4, 0.5) is 10.1 Å². The maximum absolute atomic E-state index is 13.3. The zero-order valence-corrected chi connectivity index (χ0v) is 19.8. The van der Waals surface area contributed by atoms with Crippen molar-refractivity contribution in [1.29, 1.82) is 0 Å². The Kier molecular flexibility index (Phi) is 7.53. The molecular formula is C24H28FN3O4S. The molecule has 33 heavy (non-hydrogen) atoms. The fourth-order valence-electron chi connectivity index (χ4n) is 3.77. The van der Waals surface area contributed by atoms with Crippen molar-refractivity contribution in [2.24, 2.45) is 0 Å². The number of nitrogens with one attached hydrogen (secondary N) is 1. The van der Waals surface area contributed by atoms with Crippen LogP contribution in [0, 0.1) is 5.82 Å². The fourth-order valence-corrected chi connectivity index (χ4v) is 5.27. The van der Waals surface area contributed by atoms with Crippen LogP contribution in [0.3, 0.4) is 0 Å². The van der Waals surface area contributed by atoms with E-state index >= 15 is 0 Å². The van der Waals surface area contributed by atoms with Crippen LogP contribution in [0.15, 0.2) is 58.4 Å². The lowest BCUT2D eigenvalue weighted by Crippen LogP contribution is -2.35. The van der Waals surface area contributed by atoms with Crippen molar-refractivity contribution < 1.29 is 17.6 Å². The van der Waals surface area contributed by atoms with E-state index in [9.17, 15) is 22.4 Å². The average molecular weight is 474 g/mol. The Morgan fingerprint density at radius 3 is 2.21 bits per heavy atom. The van der Waals surface area contributed by atoms with E-state index < -0.39 is 21.3 Å². The molecule has 0 spiro atoms. The van der Waals surface area contributed by atoms with Gasteiger partial charge in [0.1, 0.15) is 11.4 Å². The van der Waals surface area contributed by atoms with Gasteiger partial charge in [-0.05, 0) is 62.2 Å². The molecular weight excluding hydrogens is 445 g/mol. The van der Waals surface area contributed by atoms with Crippen LogP contribution in [0.2, 0.25) is 0 Å². The normalized spacial score (nSPS) is 11.5. The minimum atomic E-state index is -4.03. The van der Waals surface area contributed by atoms with Gasteiger partial charge in [-0.2, -0.15) is 0 Å². The number of carbonyl (C=O) groups is 1. The molecule has 1 N–H and O–H groups in total. The number of hydrogen-bond acceptors (Lipinski definition) is 4. The first-order chi connectivity index (χ1) is 15.7. The van der Waals surface area contributed by atoms with Gasteiger partial charge in [0.2, 0.25) is 5.43 Å². The highest BCUT2D eigenvalue weighted by Crippen LogP contribution is 2.25. The number of aromatic nitrogens is 1. The standard InChI is InChI=1S/C24H28FN3O4S/c1-4-13-27(14-5-2)24(30)21-16-26-22-12-11-19(15-20(22)23(21)29)33(31,32)28(6-3)18-9-7-17(25)8-10-18/h7-12,15-16H,4-6,13-14H2,1-3H3,(H,26,29). The largest absolute Gasteiger partial charge is 0.360 e. The Bertz CT molecular complexity index is 1300. The minimum absolute atomic E-state index is 0.0233. The molecule has 0 bridgehead atoms. The van der Waals surface area contributed by atoms with E-state index in [0.29, 0.717) is 24.3 Å². The summed E-state index contributed by atoms with van der Waals surface area (Å²) in [7, 11) is -4.03. The van der Waals surface area contributed by atoms with Crippen LogP contribution in [0.25, 0.3) is 10.9 Å². The molecule has 1 amide bonds. The second-order valence-electron chi connectivity index (χ2n) is 7.68. The Balaban J connectivity index is 2.08. The summed E-state index contributed by atoms with van der Waals surface area (Å²) in [6, 6.07) is 9.35. The Labute approximate surface area is 192 Å². The summed E-state index contributed by atoms with van der Waals surface area (Å²) in [6.07, 6.45) is 2.90. The number of nitrogens with zero attached hydrogens (tertiary/aromatic N) is 2. The third-order valence-corrected chi connectivity index (χ3v) is 7.25. The molecule has 1 aromatic heterocycles. The Morgan fingerprint density at radius 2 is 1.64 bits per heavy atom. The Morgan fingerprint density at radius 1 is 1.00 bits per heavy atom. The number of fused-ring (bicyclic) bond motifs is 1. The van der Waals surface area contributed by atoms with E-state index in [1.54, 1.807) is 11.8 Å². The number of halogens is 1. The smallest absolute Gasteiger partial charge is 0.264 e. The average Bonchev–Trinajstić information content (AvgIpc) is 2.80. The number of amides is 1. The lowest BCUT2D eigenvalue weighted by molar-refractivity contribution is 0.0754. The van der Waals surface area contributed by atoms with Crippen molar-refractivity contribution >= 4 is 32.5 Å². The molecule has 9 heteroatoms. The van der Waals surface area contributed by atoms with Crippen LogP contribution in [-0.2, 0) is 10.0 Å². The summed E-state index contributed by atoms with van der Waals surface area (Å²) in [5, 5.41) is 0.116. The molecule has 0 atom stereocenters. The van der Waals surface area contributed by atoms with Gasteiger partial charge in [0, 0.05) is 36.7 Å². The van der Waals surface area contributed by atoms with Crippen molar-refractivity contribution in [3.8, 4) is 0 Å². The van der Waals surface area contributed by atoms with Crippen molar-refractivity contribution in [1.82, 2.24) is 9.88 Å². The molecule has 0 aliphatic heterocycles. The number of pyridine rings is 1. The molecule has 0 saturated heterocycles. The maximum atomic E-state index is 13.3. The van der Waals surface area contributed by atoms with Gasteiger partial charge in [0.15, 0.2) is 0 Å². The molecule has 3 rings (SSSR count). The van der Waals surface area contributed by atoms with Crippen molar-refractivity contribution in [3.05, 3.63) is 70.3 Å². The van der Waals surface area contributed by atoms with Gasteiger partial charge in [-0.3, -0.25) is 13.9 Å². The molecule has 0 saturated carbocycles. The highest BCUT2D eigenvalue weighted by molar-refractivity contribution is 7.92. The number of carbonyl (C=O) groups excluding carboxylic acids is 1. The van der Waals surface area contributed by atoms with E-state index in [2.05, 4.69) is 4.98 Å². The van der Waals surface area contributed by atoms with Gasteiger partial charge < -0.3 is 9.88 Å². The quantitative estimate of drug-likeness (QED) is 0.506. The number of hydrogen-bond donors (Lipinski definition) is 1. The molecule has 0 aliphatic rings. The van der Waals surface area contributed by atoms with E-state index in [4.69, 9.17) is 0 Å². The minimum Gasteiger partial charge on any atom is -0.360 e. The number of anilines is 1. The van der Waals surface area contributed by atoms with Crippen molar-refractivity contribution in [2.45, 2.75) is 38.5 Å². The summed E-state index contributed by atoms with van der Waals surface area (Å²) in [5.74, 6) is -0.849. The number of sulfonamides is 1. The fraction of sp³-hybridized carbons (Fsp3) is 0.333. The molecule has 0 fully saturated rings.